The number of carboxylic acid groups (broad SMARTS) is 1. The van der Waals surface area contributed by atoms with E-state index in [0.29, 0.717) is 12.0 Å². The van der Waals surface area contributed by atoms with Gasteiger partial charge in [0.15, 0.2) is 11.5 Å². The van der Waals surface area contributed by atoms with Crippen molar-refractivity contribution >= 4 is 11.9 Å². The molecule has 5 unspecified atom stereocenters. The fraction of sp³-hybridized carbons (Fsp3) is 0.407. The lowest BCUT2D eigenvalue weighted by molar-refractivity contribution is -0.131. The Labute approximate surface area is 203 Å². The molecule has 5 atom stereocenters. The normalized spacial score (nSPS) is 29.3. The van der Waals surface area contributed by atoms with E-state index in [-0.39, 0.29) is 22.8 Å². The second kappa shape index (κ2) is 8.70. The molecule has 2 aliphatic carbocycles. The minimum absolute atomic E-state index is 0.0160. The Balaban J connectivity index is 0.000000168. The number of methoxy groups -OCH3 is 1. The highest BCUT2D eigenvalue weighted by atomic mass is 16.5. The molecular formula is C27H29NO7. The zero-order valence-electron chi connectivity index (χ0n) is 19.9. The van der Waals surface area contributed by atoms with E-state index in [0.717, 1.165) is 30.9 Å². The van der Waals surface area contributed by atoms with Crippen molar-refractivity contribution in [3.63, 3.8) is 0 Å². The van der Waals surface area contributed by atoms with Crippen molar-refractivity contribution in [3.8, 4) is 17.2 Å². The van der Waals surface area contributed by atoms with Crippen molar-refractivity contribution < 1.29 is 34.0 Å². The molecular weight excluding hydrogens is 450 g/mol. The molecule has 2 heterocycles. The van der Waals surface area contributed by atoms with Crippen LogP contribution in [0.5, 0.6) is 17.2 Å². The number of likely N-dealkylation sites (N-methyl/N-ethyl adjacent to an activating group) is 1. The number of likely N-dealkylation sites (tertiary alicyclic amines) is 1. The van der Waals surface area contributed by atoms with Crippen LogP contribution in [-0.2, 0) is 16.6 Å². The quantitative estimate of drug-likeness (QED) is 0.393. The summed E-state index contributed by atoms with van der Waals surface area (Å²) in [6.45, 7) is 2.27. The molecule has 1 spiro atoms. The summed E-state index contributed by atoms with van der Waals surface area (Å²) in [4.78, 5) is 23.7. The Morgan fingerprint density at radius 1 is 1.14 bits per heavy atom. The fourth-order valence-corrected chi connectivity index (χ4v) is 6.28. The summed E-state index contributed by atoms with van der Waals surface area (Å²) >= 11 is 0. The lowest BCUT2D eigenvalue weighted by atomic mass is 9.53. The predicted molar refractivity (Wildman–Crippen MR) is 127 cm³/mol. The number of rotatable bonds is 3. The van der Waals surface area contributed by atoms with Gasteiger partial charge in [-0.15, -0.1) is 0 Å². The highest BCUT2D eigenvalue weighted by Gasteiger charge is 2.64. The van der Waals surface area contributed by atoms with Gasteiger partial charge in [-0.2, -0.15) is 0 Å². The standard InChI is InChI=1S/C18H21NO3.C9H8O4/c1-19-8-7-18-11-4-5-13(20)17(18)22-16-14(21-2)6-3-10(15(16)18)9-12(11)19;1-6(10)13-8-5-3-2-4-7(8)9(11)12/h3-6,11-13,17,20H,7-9H2,1-2H3;2-5H,1H3,(H,11,12). The number of para-hydroxylation sites is 1. The Morgan fingerprint density at radius 3 is 2.63 bits per heavy atom. The van der Waals surface area contributed by atoms with Gasteiger partial charge in [0.1, 0.15) is 23.5 Å². The van der Waals surface area contributed by atoms with Crippen molar-refractivity contribution in [2.75, 3.05) is 20.7 Å². The lowest BCUT2D eigenvalue weighted by Crippen LogP contribution is -2.64. The van der Waals surface area contributed by atoms with Crippen LogP contribution in [0.4, 0.5) is 0 Å². The van der Waals surface area contributed by atoms with E-state index in [1.807, 2.05) is 12.1 Å². The van der Waals surface area contributed by atoms with Crippen molar-refractivity contribution in [1.82, 2.24) is 4.90 Å². The minimum atomic E-state index is -1.11. The van der Waals surface area contributed by atoms with Gasteiger partial charge in [-0.25, -0.2) is 4.79 Å². The van der Waals surface area contributed by atoms with Gasteiger partial charge >= 0.3 is 11.9 Å². The summed E-state index contributed by atoms with van der Waals surface area (Å²) in [7, 11) is 3.91. The topological polar surface area (TPSA) is 106 Å². The minimum Gasteiger partial charge on any atom is -0.493 e. The Morgan fingerprint density at radius 2 is 1.91 bits per heavy atom. The van der Waals surface area contributed by atoms with Crippen LogP contribution >= 0.6 is 0 Å². The van der Waals surface area contributed by atoms with Gasteiger partial charge in [0.2, 0.25) is 0 Å². The van der Waals surface area contributed by atoms with Crippen LogP contribution in [-0.4, -0.2) is 66.0 Å². The van der Waals surface area contributed by atoms with Crippen LogP contribution in [0.25, 0.3) is 0 Å². The first-order valence-corrected chi connectivity index (χ1v) is 11.7. The third-order valence-corrected chi connectivity index (χ3v) is 7.73. The Bertz CT molecular complexity index is 1210. The van der Waals surface area contributed by atoms with Crippen LogP contribution in [0.15, 0.2) is 48.6 Å². The summed E-state index contributed by atoms with van der Waals surface area (Å²) in [6.07, 6.45) is 5.54. The number of ether oxygens (including phenoxy) is 3. The third kappa shape index (κ3) is 3.59. The average molecular weight is 480 g/mol. The summed E-state index contributed by atoms with van der Waals surface area (Å²) < 4.78 is 16.5. The van der Waals surface area contributed by atoms with Crippen LogP contribution in [0.2, 0.25) is 0 Å². The molecule has 2 bridgehead atoms. The molecule has 1 saturated heterocycles. The Hall–Kier alpha value is -3.36. The first kappa shape index (κ1) is 23.4. The maximum absolute atomic E-state index is 10.6. The average Bonchev–Trinajstić information content (AvgIpc) is 3.18. The SMILES string of the molecule is CC(=O)Oc1ccccc1C(=O)O.COc1ccc2c3c1OC1C(O)C=CC4C(C2)N(C)CCC341. The fourth-order valence-electron chi connectivity index (χ4n) is 6.28. The van der Waals surface area contributed by atoms with Crippen LogP contribution in [0, 0.1) is 5.92 Å². The molecule has 6 rings (SSSR count). The van der Waals surface area contributed by atoms with Crippen LogP contribution < -0.4 is 14.2 Å². The monoisotopic (exact) mass is 479 g/mol. The molecule has 8 heteroatoms. The van der Waals surface area contributed by atoms with Crippen LogP contribution in [0.1, 0.15) is 34.8 Å². The van der Waals surface area contributed by atoms with Gasteiger partial charge in [0.25, 0.3) is 0 Å². The molecule has 1 fully saturated rings. The van der Waals surface area contributed by atoms with E-state index in [9.17, 15) is 14.7 Å². The molecule has 2 N–H and O–H groups in total. The number of esters is 1. The zero-order chi connectivity index (χ0) is 24.9. The van der Waals surface area contributed by atoms with Crippen molar-refractivity contribution in [3.05, 3.63) is 65.2 Å². The number of hydrogen-bond donors (Lipinski definition) is 2. The first-order chi connectivity index (χ1) is 16.8. The van der Waals surface area contributed by atoms with Crippen molar-refractivity contribution in [2.45, 2.75) is 43.4 Å². The third-order valence-electron chi connectivity index (χ3n) is 7.73. The molecule has 2 aromatic rings. The molecule has 4 aliphatic rings. The van der Waals surface area contributed by atoms with E-state index in [1.54, 1.807) is 19.2 Å². The molecule has 0 saturated carbocycles. The van der Waals surface area contributed by atoms with Gasteiger partial charge in [-0.3, -0.25) is 4.79 Å². The molecule has 0 amide bonds. The summed E-state index contributed by atoms with van der Waals surface area (Å²) in [5.41, 5.74) is 2.59. The molecule has 8 nitrogen and oxygen atoms in total. The largest absolute Gasteiger partial charge is 0.493 e. The zero-order valence-corrected chi connectivity index (χ0v) is 19.9. The Kier molecular flexibility index (Phi) is 5.81. The molecule has 0 aromatic heterocycles. The first-order valence-electron chi connectivity index (χ1n) is 11.7. The van der Waals surface area contributed by atoms with E-state index in [1.165, 1.54) is 30.2 Å². The van der Waals surface area contributed by atoms with Crippen LogP contribution in [0.3, 0.4) is 0 Å². The number of hydrogen-bond acceptors (Lipinski definition) is 7. The van der Waals surface area contributed by atoms with Crippen molar-refractivity contribution in [2.24, 2.45) is 5.92 Å². The number of carboxylic acids is 1. The highest BCUT2D eigenvalue weighted by Crippen LogP contribution is 2.62. The van der Waals surface area contributed by atoms with E-state index in [4.69, 9.17) is 14.6 Å². The summed E-state index contributed by atoms with van der Waals surface area (Å²) in [6, 6.07) is 10.7. The molecule has 0 radical (unpaired) electrons. The van der Waals surface area contributed by atoms with Gasteiger partial charge in [0.05, 0.1) is 7.11 Å². The second-order valence-corrected chi connectivity index (χ2v) is 9.51. The number of piperidine rings is 1. The summed E-state index contributed by atoms with van der Waals surface area (Å²) in [5, 5.41) is 19.2. The van der Waals surface area contributed by atoms with Gasteiger partial charge in [0, 0.05) is 29.9 Å². The van der Waals surface area contributed by atoms with E-state index < -0.39 is 18.0 Å². The number of nitrogens with zero attached hydrogens (tertiary/aromatic N) is 1. The molecule has 2 aliphatic heterocycles. The predicted octanol–water partition coefficient (Wildman–Crippen LogP) is 2.81. The molecule has 184 valence electrons. The van der Waals surface area contributed by atoms with Gasteiger partial charge < -0.3 is 29.3 Å². The number of aromatic carboxylic acids is 1. The van der Waals surface area contributed by atoms with Gasteiger partial charge in [-0.1, -0.05) is 30.4 Å². The number of benzene rings is 2. The maximum Gasteiger partial charge on any atom is 0.339 e. The second-order valence-electron chi connectivity index (χ2n) is 9.51. The van der Waals surface area contributed by atoms with E-state index in [2.05, 4.69) is 28.8 Å². The number of carbonyl (C=O) groups is 2. The van der Waals surface area contributed by atoms with E-state index >= 15 is 0 Å². The number of aliphatic hydroxyl groups excluding tert-OH is 1. The molecule has 2 aromatic carbocycles. The number of carbonyl (C=O) groups excluding carboxylic acids is 1. The highest BCUT2D eigenvalue weighted by molar-refractivity contribution is 5.91. The smallest absolute Gasteiger partial charge is 0.339 e. The summed E-state index contributed by atoms with van der Waals surface area (Å²) in [5.74, 6) is 0.514. The van der Waals surface area contributed by atoms with Gasteiger partial charge in [-0.05, 0) is 50.2 Å². The number of aliphatic hydroxyl groups is 1. The maximum atomic E-state index is 10.6. The molecule has 35 heavy (non-hydrogen) atoms. The lowest BCUT2D eigenvalue weighted by Gasteiger charge is -2.56. The van der Waals surface area contributed by atoms with Crippen molar-refractivity contribution in [1.29, 1.82) is 0 Å².